The number of hydrogen-bond acceptors (Lipinski definition) is 7. The molecule has 11 heteroatoms. The van der Waals surface area contributed by atoms with Crippen molar-refractivity contribution in [2.24, 2.45) is 0 Å². The predicted octanol–water partition coefficient (Wildman–Crippen LogP) is 4.42. The van der Waals surface area contributed by atoms with E-state index in [1.54, 1.807) is 25.0 Å². The summed E-state index contributed by atoms with van der Waals surface area (Å²) in [6, 6.07) is 11.2. The zero-order chi connectivity index (χ0) is 24.9. The number of carbonyl (C=O) groups is 1. The van der Waals surface area contributed by atoms with Gasteiger partial charge in [-0.25, -0.2) is 9.77 Å². The minimum atomic E-state index is -0.336. The van der Waals surface area contributed by atoms with Gasteiger partial charge in [0.05, 0.1) is 26.3 Å². The van der Waals surface area contributed by atoms with Crippen LogP contribution in [0.2, 0.25) is 0 Å². The molecular formula is C23H28BrN5O4S. The largest absolute Gasteiger partial charge is 0.496 e. The van der Waals surface area contributed by atoms with Crippen LogP contribution >= 0.6 is 28.1 Å². The molecule has 1 amide bonds. The maximum atomic E-state index is 12.1. The number of halogens is 1. The van der Waals surface area contributed by atoms with E-state index in [0.717, 1.165) is 15.6 Å². The molecule has 0 spiro atoms. The monoisotopic (exact) mass is 549 g/mol. The second-order valence-electron chi connectivity index (χ2n) is 8.40. The SMILES string of the molecule is COc1cc(CNn2c(-c3ccccc3OC)n[nH]c2=S)c(Br)cc1OCC(=O)NC(C)(C)C. The molecule has 0 radical (unpaired) electrons. The molecule has 3 N–H and O–H groups in total. The number of H-pyrrole nitrogens is 1. The molecule has 0 saturated heterocycles. The third-order valence-corrected chi connectivity index (χ3v) is 5.67. The maximum Gasteiger partial charge on any atom is 0.258 e. The fourth-order valence-electron chi connectivity index (χ4n) is 3.20. The molecule has 2 aromatic carbocycles. The Hall–Kier alpha value is -3.05. The standard InChI is InChI=1S/C23H28BrN5O4S/c1-23(2,3)26-20(30)13-33-19-11-16(24)14(10-18(19)32-5)12-25-29-21(27-28-22(29)34)15-8-6-7-9-17(15)31-4/h6-11,25H,12-13H2,1-5H3,(H,26,30)(H,28,34). The van der Waals surface area contributed by atoms with Gasteiger partial charge in [0.25, 0.3) is 5.91 Å². The van der Waals surface area contributed by atoms with Gasteiger partial charge in [0.2, 0.25) is 4.77 Å². The molecule has 3 rings (SSSR count). The minimum absolute atomic E-state index is 0.121. The number of amides is 1. The zero-order valence-corrected chi connectivity index (χ0v) is 22.1. The first-order chi connectivity index (χ1) is 16.1. The summed E-state index contributed by atoms with van der Waals surface area (Å²) in [7, 11) is 3.16. The molecule has 1 heterocycles. The quantitative estimate of drug-likeness (QED) is 0.339. The molecule has 0 atom stereocenters. The zero-order valence-electron chi connectivity index (χ0n) is 19.7. The third kappa shape index (κ3) is 6.29. The highest BCUT2D eigenvalue weighted by Gasteiger charge is 2.17. The summed E-state index contributed by atoms with van der Waals surface area (Å²) in [6.07, 6.45) is 0. The van der Waals surface area contributed by atoms with Gasteiger partial charge in [0.1, 0.15) is 5.75 Å². The molecule has 3 aromatic rings. The molecule has 0 fully saturated rings. The molecule has 9 nitrogen and oxygen atoms in total. The Bertz CT molecular complexity index is 1220. The first-order valence-electron chi connectivity index (χ1n) is 10.5. The predicted molar refractivity (Wildman–Crippen MR) is 137 cm³/mol. The van der Waals surface area contributed by atoms with E-state index in [1.165, 1.54) is 0 Å². The Labute approximate surface area is 211 Å². The van der Waals surface area contributed by atoms with Crippen LogP contribution in [0, 0.1) is 4.77 Å². The maximum absolute atomic E-state index is 12.1. The molecule has 0 unspecified atom stereocenters. The van der Waals surface area contributed by atoms with Gasteiger partial charge in [-0.05, 0) is 62.8 Å². The lowest BCUT2D eigenvalue weighted by Crippen LogP contribution is -2.43. The number of methoxy groups -OCH3 is 2. The van der Waals surface area contributed by atoms with Crippen LogP contribution in [-0.4, -0.2) is 47.1 Å². The van der Waals surface area contributed by atoms with Crippen LogP contribution in [0.15, 0.2) is 40.9 Å². The lowest BCUT2D eigenvalue weighted by atomic mass is 10.1. The number of para-hydroxylation sites is 1. The number of benzene rings is 2. The van der Waals surface area contributed by atoms with E-state index in [4.69, 9.17) is 26.4 Å². The van der Waals surface area contributed by atoms with E-state index >= 15 is 0 Å². The van der Waals surface area contributed by atoms with Gasteiger partial charge >= 0.3 is 0 Å². The number of aromatic nitrogens is 3. The Kier molecular flexibility index (Phi) is 8.21. The van der Waals surface area contributed by atoms with Gasteiger partial charge in [-0.15, -0.1) is 0 Å². The van der Waals surface area contributed by atoms with Gasteiger partial charge in [-0.3, -0.25) is 4.79 Å². The van der Waals surface area contributed by atoms with Crippen molar-refractivity contribution in [3.05, 3.63) is 51.2 Å². The van der Waals surface area contributed by atoms with Crippen molar-refractivity contribution in [3.8, 4) is 28.6 Å². The van der Waals surface area contributed by atoms with E-state index in [0.29, 0.717) is 34.4 Å². The third-order valence-electron chi connectivity index (χ3n) is 4.65. The average Bonchev–Trinajstić information content (AvgIpc) is 3.15. The second-order valence-corrected chi connectivity index (χ2v) is 9.65. The molecule has 1 aromatic heterocycles. The molecule has 182 valence electrons. The molecule has 0 bridgehead atoms. The van der Waals surface area contributed by atoms with Crippen LogP contribution in [0.4, 0.5) is 0 Å². The van der Waals surface area contributed by atoms with Gasteiger partial charge in [-0.2, -0.15) is 5.10 Å². The molecular weight excluding hydrogens is 522 g/mol. The molecule has 34 heavy (non-hydrogen) atoms. The summed E-state index contributed by atoms with van der Waals surface area (Å²) >= 11 is 8.99. The first-order valence-corrected chi connectivity index (χ1v) is 11.7. The van der Waals surface area contributed by atoms with Crippen molar-refractivity contribution in [1.29, 1.82) is 0 Å². The molecule has 0 aliphatic carbocycles. The number of nitrogens with one attached hydrogen (secondary N) is 3. The Morgan fingerprint density at radius 2 is 1.85 bits per heavy atom. The Morgan fingerprint density at radius 1 is 1.15 bits per heavy atom. The lowest BCUT2D eigenvalue weighted by Gasteiger charge is -2.21. The van der Waals surface area contributed by atoms with Crippen molar-refractivity contribution >= 4 is 34.1 Å². The van der Waals surface area contributed by atoms with Crippen LogP contribution in [0.3, 0.4) is 0 Å². The summed E-state index contributed by atoms with van der Waals surface area (Å²) in [6.45, 7) is 6.02. The summed E-state index contributed by atoms with van der Waals surface area (Å²) in [5, 5.41) is 10.0. The summed E-state index contributed by atoms with van der Waals surface area (Å²) in [4.78, 5) is 12.1. The topological polar surface area (TPSA) is 102 Å². The van der Waals surface area contributed by atoms with Crippen LogP contribution in [-0.2, 0) is 11.3 Å². The van der Waals surface area contributed by atoms with E-state index < -0.39 is 0 Å². The Morgan fingerprint density at radius 3 is 2.53 bits per heavy atom. The van der Waals surface area contributed by atoms with Gasteiger partial charge in [-0.1, -0.05) is 28.1 Å². The fraction of sp³-hybridized carbons (Fsp3) is 0.348. The van der Waals surface area contributed by atoms with E-state index in [1.807, 2.05) is 51.1 Å². The van der Waals surface area contributed by atoms with Crippen molar-refractivity contribution in [2.75, 3.05) is 26.3 Å². The fourth-order valence-corrected chi connectivity index (χ4v) is 3.86. The normalized spacial score (nSPS) is 11.1. The van der Waals surface area contributed by atoms with E-state index in [2.05, 4.69) is 36.9 Å². The number of aromatic amines is 1. The number of rotatable bonds is 9. The smallest absolute Gasteiger partial charge is 0.258 e. The van der Waals surface area contributed by atoms with Crippen molar-refractivity contribution in [2.45, 2.75) is 32.9 Å². The van der Waals surface area contributed by atoms with Crippen molar-refractivity contribution in [1.82, 2.24) is 20.2 Å². The summed E-state index contributed by atoms with van der Waals surface area (Å²) in [5.74, 6) is 2.02. The number of ether oxygens (including phenoxy) is 3. The van der Waals surface area contributed by atoms with Crippen molar-refractivity contribution in [3.63, 3.8) is 0 Å². The second kappa shape index (κ2) is 10.9. The highest BCUT2D eigenvalue weighted by Crippen LogP contribution is 2.34. The molecule has 0 saturated carbocycles. The number of nitrogens with zero attached hydrogens (tertiary/aromatic N) is 2. The van der Waals surface area contributed by atoms with E-state index in [-0.39, 0.29) is 18.1 Å². The van der Waals surface area contributed by atoms with Gasteiger partial charge in [0, 0.05) is 10.0 Å². The number of carbonyl (C=O) groups excluding carboxylic acids is 1. The number of hydrogen-bond donors (Lipinski definition) is 3. The van der Waals surface area contributed by atoms with Crippen LogP contribution in [0.25, 0.3) is 11.4 Å². The van der Waals surface area contributed by atoms with Crippen LogP contribution < -0.4 is 25.0 Å². The first kappa shape index (κ1) is 25.6. The van der Waals surface area contributed by atoms with Crippen molar-refractivity contribution < 1.29 is 19.0 Å². The molecule has 0 aliphatic heterocycles. The van der Waals surface area contributed by atoms with Gasteiger partial charge in [0.15, 0.2) is 23.9 Å². The minimum Gasteiger partial charge on any atom is -0.496 e. The lowest BCUT2D eigenvalue weighted by molar-refractivity contribution is -0.124. The summed E-state index contributed by atoms with van der Waals surface area (Å²) < 4.78 is 19.5. The summed E-state index contributed by atoms with van der Waals surface area (Å²) in [5.41, 5.74) is 4.63. The highest BCUT2D eigenvalue weighted by atomic mass is 79.9. The van der Waals surface area contributed by atoms with Gasteiger partial charge < -0.3 is 25.0 Å². The molecule has 0 aliphatic rings. The Balaban J connectivity index is 1.78. The average molecular weight is 550 g/mol. The van der Waals surface area contributed by atoms with Crippen LogP contribution in [0.5, 0.6) is 17.2 Å². The van der Waals surface area contributed by atoms with E-state index in [9.17, 15) is 4.79 Å². The van der Waals surface area contributed by atoms with Crippen LogP contribution in [0.1, 0.15) is 26.3 Å². The highest BCUT2D eigenvalue weighted by molar-refractivity contribution is 9.10.